The van der Waals surface area contributed by atoms with E-state index in [-0.39, 0.29) is 42.5 Å². The lowest BCUT2D eigenvalue weighted by Crippen LogP contribution is -2.48. The van der Waals surface area contributed by atoms with Gasteiger partial charge in [0.2, 0.25) is 0 Å². The third-order valence-corrected chi connectivity index (χ3v) is 6.35. The molecule has 2 aromatic heterocycles. The Hall–Kier alpha value is -3.44. The quantitative estimate of drug-likeness (QED) is 0.510. The summed E-state index contributed by atoms with van der Waals surface area (Å²) >= 11 is 0. The van der Waals surface area contributed by atoms with Gasteiger partial charge in [0.15, 0.2) is 11.2 Å². The van der Waals surface area contributed by atoms with E-state index in [9.17, 15) is 9.59 Å². The number of hydrogen-bond acceptors (Lipinski definition) is 9. The molecule has 2 fully saturated rings. The summed E-state index contributed by atoms with van der Waals surface area (Å²) in [6.07, 6.45) is 3.93. The van der Waals surface area contributed by atoms with Gasteiger partial charge in [-0.3, -0.25) is 19.1 Å². The highest BCUT2D eigenvalue weighted by Gasteiger charge is 2.29. The lowest BCUT2D eigenvalue weighted by Gasteiger charge is -2.35. The molecule has 0 amide bonds. The second kappa shape index (κ2) is 9.82. The van der Waals surface area contributed by atoms with E-state index in [4.69, 9.17) is 14.2 Å². The maximum absolute atomic E-state index is 12.4. The average molecular weight is 469 g/mol. The smallest absolute Gasteiger partial charge is 0.320 e. The molecule has 1 aromatic carbocycles. The molecular formula is C23H28N6O5. The number of carbonyl (C=O) groups excluding carboxylic acids is 1. The Bertz CT molecular complexity index is 1180. The lowest BCUT2D eigenvalue weighted by atomic mass is 10.2. The number of aromatic nitrogens is 4. The second-order valence-corrected chi connectivity index (χ2v) is 8.49. The monoisotopic (exact) mass is 468 g/mol. The number of H-pyrrole nitrogens is 1. The third-order valence-electron chi connectivity index (χ3n) is 6.35. The molecule has 4 heterocycles. The van der Waals surface area contributed by atoms with Crippen molar-refractivity contribution in [3.8, 4) is 5.75 Å². The first-order valence-electron chi connectivity index (χ1n) is 11.4. The molecule has 0 bridgehead atoms. The van der Waals surface area contributed by atoms with Gasteiger partial charge in [-0.2, -0.15) is 0 Å². The fourth-order valence-corrected chi connectivity index (χ4v) is 4.46. The van der Waals surface area contributed by atoms with Crippen LogP contribution in [0.2, 0.25) is 0 Å². The van der Waals surface area contributed by atoms with Crippen LogP contribution in [0, 0.1) is 0 Å². The van der Waals surface area contributed by atoms with E-state index in [2.05, 4.69) is 36.9 Å². The van der Waals surface area contributed by atoms with E-state index < -0.39 is 0 Å². The summed E-state index contributed by atoms with van der Waals surface area (Å²) in [4.78, 5) is 39.5. The van der Waals surface area contributed by atoms with E-state index >= 15 is 0 Å². The number of carbonyl (C=O) groups is 1. The minimum atomic E-state index is -0.283. The Labute approximate surface area is 196 Å². The Kier molecular flexibility index (Phi) is 6.45. The van der Waals surface area contributed by atoms with Gasteiger partial charge in [0.1, 0.15) is 18.6 Å². The Morgan fingerprint density at radius 2 is 1.94 bits per heavy atom. The molecule has 2 aliphatic rings. The lowest BCUT2D eigenvalue weighted by molar-refractivity contribution is -0.149. The fraction of sp³-hybridized carbons (Fsp3) is 0.478. The van der Waals surface area contributed by atoms with Gasteiger partial charge < -0.3 is 24.1 Å². The first-order valence-corrected chi connectivity index (χ1v) is 11.4. The van der Waals surface area contributed by atoms with E-state index in [0.717, 1.165) is 50.5 Å². The van der Waals surface area contributed by atoms with Crippen LogP contribution in [0.25, 0.3) is 11.2 Å². The van der Waals surface area contributed by atoms with Crippen molar-refractivity contribution in [2.24, 2.45) is 0 Å². The van der Waals surface area contributed by atoms with Crippen molar-refractivity contribution in [1.29, 1.82) is 0 Å². The number of anilines is 1. The number of nitrogens with zero attached hydrogens (tertiary/aromatic N) is 5. The third kappa shape index (κ3) is 4.75. The molecule has 0 unspecified atom stereocenters. The summed E-state index contributed by atoms with van der Waals surface area (Å²) in [5.41, 5.74) is 1.65. The molecule has 34 heavy (non-hydrogen) atoms. The standard InChI is InChI=1S/C23H28N6O5/c1-32-17-4-2-16(3-5-17)28-10-8-27(9-11-28)12-20(30)33-13-18-6-7-19(34-18)29-15-26-21-22(29)24-14-25-23(21)31/h2-5,14-15,18-19H,6-13H2,1H3,(H,24,25,31)/t18-,19+/m0/s1. The topological polar surface area (TPSA) is 115 Å². The molecule has 2 atom stereocenters. The van der Waals surface area contributed by atoms with Crippen LogP contribution in [0.1, 0.15) is 19.1 Å². The molecule has 3 aromatic rings. The summed E-state index contributed by atoms with van der Waals surface area (Å²) in [5, 5.41) is 0. The SMILES string of the molecule is COc1ccc(N2CCN(CC(=O)OC[C@@H]3CC[C@H](n4cnc5c(=O)[nH]cnc54)O3)CC2)cc1. The maximum Gasteiger partial charge on any atom is 0.320 e. The van der Waals surface area contributed by atoms with Gasteiger partial charge in [-0.1, -0.05) is 0 Å². The summed E-state index contributed by atoms with van der Waals surface area (Å²) < 4.78 is 18.5. The van der Waals surface area contributed by atoms with Crippen LogP contribution in [0.15, 0.2) is 41.7 Å². The number of rotatable bonds is 7. The van der Waals surface area contributed by atoms with Crippen LogP contribution in [-0.2, 0) is 14.3 Å². The number of fused-ring (bicyclic) bond motifs is 1. The molecule has 2 aliphatic heterocycles. The second-order valence-electron chi connectivity index (χ2n) is 8.49. The molecule has 11 heteroatoms. The highest BCUT2D eigenvalue weighted by atomic mass is 16.6. The normalized spacial score (nSPS) is 21.1. The molecule has 0 radical (unpaired) electrons. The molecule has 11 nitrogen and oxygen atoms in total. The molecule has 1 N–H and O–H groups in total. The van der Waals surface area contributed by atoms with Crippen molar-refractivity contribution in [2.75, 3.05) is 51.3 Å². The molecule has 180 valence electrons. The van der Waals surface area contributed by atoms with E-state index in [1.807, 2.05) is 12.1 Å². The van der Waals surface area contributed by atoms with Crippen LogP contribution in [0.5, 0.6) is 5.75 Å². The summed E-state index contributed by atoms with van der Waals surface area (Å²) in [7, 11) is 1.66. The zero-order valence-electron chi connectivity index (χ0n) is 19.1. The maximum atomic E-state index is 12.4. The zero-order chi connectivity index (χ0) is 23.5. The van der Waals surface area contributed by atoms with Crippen LogP contribution >= 0.6 is 0 Å². The number of nitrogens with one attached hydrogen (secondary N) is 1. The van der Waals surface area contributed by atoms with Gasteiger partial charge in [0.25, 0.3) is 5.56 Å². The highest BCUT2D eigenvalue weighted by molar-refractivity contribution is 5.71. The van der Waals surface area contributed by atoms with Gasteiger partial charge in [-0.05, 0) is 37.1 Å². The number of imidazole rings is 1. The van der Waals surface area contributed by atoms with Crippen molar-refractivity contribution < 1.29 is 19.0 Å². The molecule has 0 spiro atoms. The molecular weight excluding hydrogens is 440 g/mol. The van der Waals surface area contributed by atoms with Crippen molar-refractivity contribution in [1.82, 2.24) is 24.4 Å². The molecule has 5 rings (SSSR count). The predicted octanol–water partition coefficient (Wildman–Crippen LogP) is 1.17. The van der Waals surface area contributed by atoms with Crippen LogP contribution in [0.4, 0.5) is 5.69 Å². The average Bonchev–Trinajstić information content (AvgIpc) is 3.51. The first kappa shape index (κ1) is 22.4. The van der Waals surface area contributed by atoms with Crippen LogP contribution in [0.3, 0.4) is 0 Å². The Morgan fingerprint density at radius 3 is 2.71 bits per heavy atom. The van der Waals surface area contributed by atoms with Gasteiger partial charge in [-0.25, -0.2) is 9.97 Å². The van der Waals surface area contributed by atoms with E-state index in [0.29, 0.717) is 5.65 Å². The number of hydrogen-bond donors (Lipinski definition) is 1. The molecule has 0 saturated carbocycles. The number of aromatic amines is 1. The van der Waals surface area contributed by atoms with Crippen LogP contribution in [-0.4, -0.2) is 82.9 Å². The van der Waals surface area contributed by atoms with Gasteiger partial charge in [0, 0.05) is 31.9 Å². The fourth-order valence-electron chi connectivity index (χ4n) is 4.46. The van der Waals surface area contributed by atoms with Gasteiger partial charge >= 0.3 is 5.97 Å². The predicted molar refractivity (Wildman–Crippen MR) is 124 cm³/mol. The number of esters is 1. The van der Waals surface area contributed by atoms with Crippen molar-refractivity contribution >= 4 is 22.8 Å². The minimum Gasteiger partial charge on any atom is -0.497 e. The van der Waals surface area contributed by atoms with Crippen molar-refractivity contribution in [3.05, 3.63) is 47.3 Å². The largest absolute Gasteiger partial charge is 0.497 e. The number of methoxy groups -OCH3 is 1. The minimum absolute atomic E-state index is 0.194. The zero-order valence-corrected chi connectivity index (χ0v) is 19.1. The molecule has 0 aliphatic carbocycles. The first-order chi connectivity index (χ1) is 16.6. The number of piperazine rings is 1. The Morgan fingerprint density at radius 1 is 1.15 bits per heavy atom. The van der Waals surface area contributed by atoms with E-state index in [1.54, 1.807) is 18.0 Å². The summed E-state index contributed by atoms with van der Waals surface area (Å²) in [5.74, 6) is 0.596. The highest BCUT2D eigenvalue weighted by Crippen LogP contribution is 2.30. The van der Waals surface area contributed by atoms with Gasteiger partial charge in [-0.15, -0.1) is 0 Å². The number of benzene rings is 1. The van der Waals surface area contributed by atoms with E-state index in [1.165, 1.54) is 6.33 Å². The Balaban J connectivity index is 1.06. The summed E-state index contributed by atoms with van der Waals surface area (Å²) in [6.45, 7) is 3.77. The summed E-state index contributed by atoms with van der Waals surface area (Å²) in [6, 6.07) is 8.02. The molecule has 2 saturated heterocycles. The van der Waals surface area contributed by atoms with Crippen molar-refractivity contribution in [3.63, 3.8) is 0 Å². The number of ether oxygens (including phenoxy) is 3. The van der Waals surface area contributed by atoms with Gasteiger partial charge in [0.05, 0.1) is 32.4 Å². The van der Waals surface area contributed by atoms with Crippen molar-refractivity contribution in [2.45, 2.75) is 25.2 Å². The van der Waals surface area contributed by atoms with Crippen LogP contribution < -0.4 is 15.2 Å².